The lowest BCUT2D eigenvalue weighted by Crippen LogP contribution is -2.35. The Bertz CT molecular complexity index is 462. The fourth-order valence-electron chi connectivity index (χ4n) is 2.84. The standard InChI is InChI=1S/C15H26N2OS/c1-5-7-15(11-19,8-6-2)10-17-13(4)16-12(3)9-14(17)18/h9,19H,5-8,10-11H2,1-4H3. The van der Waals surface area contributed by atoms with Gasteiger partial charge in [0.2, 0.25) is 0 Å². The average Bonchev–Trinajstić information content (AvgIpc) is 2.34. The van der Waals surface area contributed by atoms with Crippen molar-refractivity contribution in [2.75, 3.05) is 5.75 Å². The van der Waals surface area contributed by atoms with Crippen molar-refractivity contribution in [3.8, 4) is 0 Å². The van der Waals surface area contributed by atoms with Crippen molar-refractivity contribution >= 4 is 12.6 Å². The van der Waals surface area contributed by atoms with Crippen molar-refractivity contribution in [1.29, 1.82) is 0 Å². The van der Waals surface area contributed by atoms with Crippen molar-refractivity contribution < 1.29 is 0 Å². The lowest BCUT2D eigenvalue weighted by atomic mass is 9.81. The molecule has 4 heteroatoms. The molecule has 3 nitrogen and oxygen atoms in total. The van der Waals surface area contributed by atoms with Crippen molar-refractivity contribution in [2.45, 2.75) is 59.9 Å². The first-order valence-corrected chi connectivity index (χ1v) is 7.77. The summed E-state index contributed by atoms with van der Waals surface area (Å²) in [5, 5.41) is 0. The zero-order chi connectivity index (χ0) is 14.5. The molecule has 19 heavy (non-hydrogen) atoms. The van der Waals surface area contributed by atoms with Gasteiger partial charge in [-0.2, -0.15) is 12.6 Å². The van der Waals surface area contributed by atoms with Crippen molar-refractivity contribution in [2.24, 2.45) is 5.41 Å². The number of thiol groups is 1. The molecule has 0 saturated carbocycles. The molecule has 0 aliphatic rings. The second kappa shape index (κ2) is 7.13. The van der Waals surface area contributed by atoms with Crippen LogP contribution in [0.4, 0.5) is 0 Å². The molecule has 1 rings (SSSR count). The van der Waals surface area contributed by atoms with Crippen molar-refractivity contribution in [3.05, 3.63) is 27.9 Å². The van der Waals surface area contributed by atoms with E-state index in [0.717, 1.165) is 49.5 Å². The molecule has 0 atom stereocenters. The van der Waals surface area contributed by atoms with Gasteiger partial charge in [-0.3, -0.25) is 9.36 Å². The Morgan fingerprint density at radius 1 is 1.26 bits per heavy atom. The van der Waals surface area contributed by atoms with Gasteiger partial charge in [0.1, 0.15) is 5.82 Å². The quantitative estimate of drug-likeness (QED) is 0.778. The summed E-state index contributed by atoms with van der Waals surface area (Å²) in [7, 11) is 0. The summed E-state index contributed by atoms with van der Waals surface area (Å²) in [6.45, 7) is 8.89. The maximum Gasteiger partial charge on any atom is 0.253 e. The number of hydrogen-bond donors (Lipinski definition) is 1. The number of nitrogens with zero attached hydrogens (tertiary/aromatic N) is 2. The van der Waals surface area contributed by atoms with Crippen LogP contribution in [-0.4, -0.2) is 15.3 Å². The SMILES string of the molecule is CCCC(CS)(CCC)Cn1c(C)nc(C)cc1=O. The molecule has 0 saturated heterocycles. The molecule has 0 amide bonds. The zero-order valence-corrected chi connectivity index (χ0v) is 13.5. The molecular formula is C15H26N2OS. The molecule has 0 radical (unpaired) electrons. The third-order valence-corrected chi connectivity index (χ3v) is 4.39. The first-order chi connectivity index (χ1) is 8.98. The molecular weight excluding hydrogens is 256 g/mol. The van der Waals surface area contributed by atoms with E-state index in [1.165, 1.54) is 0 Å². The maximum atomic E-state index is 12.2. The molecule has 0 fully saturated rings. The molecule has 0 aliphatic carbocycles. The highest BCUT2D eigenvalue weighted by Crippen LogP contribution is 2.33. The average molecular weight is 282 g/mol. The van der Waals surface area contributed by atoms with Gasteiger partial charge in [-0.1, -0.05) is 26.7 Å². The summed E-state index contributed by atoms with van der Waals surface area (Å²) in [5.74, 6) is 1.62. The number of aromatic nitrogens is 2. The van der Waals surface area contributed by atoms with E-state index in [4.69, 9.17) is 0 Å². The summed E-state index contributed by atoms with van der Waals surface area (Å²) in [5.41, 5.74) is 0.961. The van der Waals surface area contributed by atoms with E-state index in [-0.39, 0.29) is 11.0 Å². The Balaban J connectivity index is 3.12. The first-order valence-electron chi connectivity index (χ1n) is 7.14. The molecule has 1 aromatic rings. The largest absolute Gasteiger partial charge is 0.296 e. The van der Waals surface area contributed by atoms with Crippen molar-refractivity contribution in [3.63, 3.8) is 0 Å². The van der Waals surface area contributed by atoms with Crippen LogP contribution in [-0.2, 0) is 6.54 Å². The summed E-state index contributed by atoms with van der Waals surface area (Å²) in [6.07, 6.45) is 4.44. The summed E-state index contributed by atoms with van der Waals surface area (Å²) >= 11 is 4.55. The van der Waals surface area contributed by atoms with Crippen LogP contribution < -0.4 is 5.56 Å². The lowest BCUT2D eigenvalue weighted by Gasteiger charge is -2.33. The van der Waals surface area contributed by atoms with E-state index in [1.54, 1.807) is 6.07 Å². The van der Waals surface area contributed by atoms with Crippen LogP contribution in [0.5, 0.6) is 0 Å². The zero-order valence-electron chi connectivity index (χ0n) is 12.6. The summed E-state index contributed by atoms with van der Waals surface area (Å²) in [4.78, 5) is 16.6. The van der Waals surface area contributed by atoms with Gasteiger partial charge in [0.05, 0.1) is 0 Å². The highest BCUT2D eigenvalue weighted by molar-refractivity contribution is 7.80. The highest BCUT2D eigenvalue weighted by atomic mass is 32.1. The van der Waals surface area contributed by atoms with Crippen LogP contribution in [0.1, 0.15) is 51.0 Å². The Morgan fingerprint density at radius 3 is 2.26 bits per heavy atom. The van der Waals surface area contributed by atoms with Gasteiger partial charge in [-0.25, -0.2) is 4.98 Å². The number of aryl methyl sites for hydroxylation is 2. The van der Waals surface area contributed by atoms with E-state index in [0.29, 0.717) is 0 Å². The van der Waals surface area contributed by atoms with Crippen LogP contribution >= 0.6 is 12.6 Å². The minimum Gasteiger partial charge on any atom is -0.296 e. The second-order valence-electron chi connectivity index (χ2n) is 5.53. The fraction of sp³-hybridized carbons (Fsp3) is 0.733. The van der Waals surface area contributed by atoms with E-state index >= 15 is 0 Å². The molecule has 0 aliphatic heterocycles. The normalized spacial score (nSPS) is 11.8. The molecule has 0 bridgehead atoms. The Morgan fingerprint density at radius 2 is 1.84 bits per heavy atom. The third-order valence-electron chi connectivity index (χ3n) is 3.72. The first kappa shape index (κ1) is 16.3. The van der Waals surface area contributed by atoms with Crippen LogP contribution in [0.2, 0.25) is 0 Å². The maximum absolute atomic E-state index is 12.2. The molecule has 0 aromatic carbocycles. The number of rotatable bonds is 7. The van der Waals surface area contributed by atoms with Crippen molar-refractivity contribution in [1.82, 2.24) is 9.55 Å². The Kier molecular flexibility index (Phi) is 6.11. The minimum absolute atomic E-state index is 0.0587. The minimum atomic E-state index is 0.0587. The van der Waals surface area contributed by atoms with E-state index in [2.05, 4.69) is 31.5 Å². The summed E-state index contributed by atoms with van der Waals surface area (Å²) < 4.78 is 1.81. The van der Waals surface area contributed by atoms with E-state index < -0.39 is 0 Å². The Labute approximate surface area is 121 Å². The third kappa shape index (κ3) is 4.10. The lowest BCUT2D eigenvalue weighted by molar-refractivity contribution is 0.225. The van der Waals surface area contributed by atoms with Gasteiger partial charge in [-0.15, -0.1) is 0 Å². The topological polar surface area (TPSA) is 34.9 Å². The van der Waals surface area contributed by atoms with Gasteiger partial charge in [0.25, 0.3) is 5.56 Å². The molecule has 108 valence electrons. The highest BCUT2D eigenvalue weighted by Gasteiger charge is 2.28. The number of hydrogen-bond acceptors (Lipinski definition) is 3. The smallest absolute Gasteiger partial charge is 0.253 e. The monoisotopic (exact) mass is 282 g/mol. The predicted molar refractivity (Wildman–Crippen MR) is 84.1 cm³/mol. The van der Waals surface area contributed by atoms with Crippen LogP contribution in [0.15, 0.2) is 10.9 Å². The van der Waals surface area contributed by atoms with Gasteiger partial charge >= 0.3 is 0 Å². The van der Waals surface area contributed by atoms with Gasteiger partial charge in [0.15, 0.2) is 0 Å². The molecule has 0 N–H and O–H groups in total. The van der Waals surface area contributed by atoms with Crippen LogP contribution in [0, 0.1) is 19.3 Å². The molecule has 1 heterocycles. The van der Waals surface area contributed by atoms with Crippen LogP contribution in [0.3, 0.4) is 0 Å². The Hall–Kier alpha value is -0.770. The van der Waals surface area contributed by atoms with E-state index in [1.807, 2.05) is 18.4 Å². The molecule has 1 aromatic heterocycles. The second-order valence-corrected chi connectivity index (χ2v) is 5.84. The van der Waals surface area contributed by atoms with E-state index in [9.17, 15) is 4.79 Å². The van der Waals surface area contributed by atoms with Gasteiger partial charge < -0.3 is 0 Å². The molecule has 0 unspecified atom stereocenters. The summed E-state index contributed by atoms with van der Waals surface area (Å²) in [6, 6.07) is 1.62. The van der Waals surface area contributed by atoms with Gasteiger partial charge in [0, 0.05) is 18.3 Å². The predicted octanol–water partition coefficient (Wildman–Crippen LogP) is 3.38. The fourth-order valence-corrected chi connectivity index (χ4v) is 3.26. The molecule has 0 spiro atoms. The van der Waals surface area contributed by atoms with Crippen LogP contribution in [0.25, 0.3) is 0 Å². The van der Waals surface area contributed by atoms with Gasteiger partial charge in [-0.05, 0) is 37.9 Å².